The summed E-state index contributed by atoms with van der Waals surface area (Å²) >= 11 is 1.51. The Morgan fingerprint density at radius 2 is 1.89 bits per heavy atom. The van der Waals surface area contributed by atoms with E-state index in [1.54, 1.807) is 17.0 Å². The fraction of sp³-hybridized carbons (Fsp3) is 0.368. The van der Waals surface area contributed by atoms with Crippen molar-refractivity contribution in [2.45, 2.75) is 25.2 Å². The third-order valence-electron chi connectivity index (χ3n) is 4.70. The summed E-state index contributed by atoms with van der Waals surface area (Å²) in [5, 5.41) is 9.18. The van der Waals surface area contributed by atoms with Gasteiger partial charge in [-0.1, -0.05) is 19.1 Å². The van der Waals surface area contributed by atoms with Crippen molar-refractivity contribution in [1.29, 1.82) is 5.26 Å². The number of piperazine rings is 1. The first-order chi connectivity index (χ1) is 12.9. The molecule has 0 unspecified atom stereocenters. The Labute approximate surface area is 163 Å². The first kappa shape index (κ1) is 19.5. The van der Waals surface area contributed by atoms with Crippen molar-refractivity contribution in [1.82, 2.24) is 9.21 Å². The standard InChI is InChI=1S/C19H21N3O3S2/c1-3-16-14(2)12-17(26-16)19(23)21-8-10-22(11-9-21)27(24,25)18-7-5-4-6-15(18)13-20/h4-7,12H,3,8-11H2,1-2H3. The Kier molecular flexibility index (Phi) is 5.65. The first-order valence-electron chi connectivity index (χ1n) is 8.76. The number of hydrogen-bond donors (Lipinski definition) is 0. The van der Waals surface area contributed by atoms with E-state index in [0.29, 0.717) is 18.0 Å². The summed E-state index contributed by atoms with van der Waals surface area (Å²) in [5.74, 6) is -0.0442. The van der Waals surface area contributed by atoms with Gasteiger partial charge in [-0.05, 0) is 37.1 Å². The molecule has 142 valence electrons. The van der Waals surface area contributed by atoms with Crippen LogP contribution >= 0.6 is 11.3 Å². The van der Waals surface area contributed by atoms with E-state index in [-0.39, 0.29) is 29.5 Å². The van der Waals surface area contributed by atoms with Crippen molar-refractivity contribution < 1.29 is 13.2 Å². The van der Waals surface area contributed by atoms with Crippen LogP contribution in [0, 0.1) is 18.3 Å². The minimum absolute atomic E-state index is 0.0220. The fourth-order valence-electron chi connectivity index (χ4n) is 3.19. The highest BCUT2D eigenvalue weighted by Crippen LogP contribution is 2.25. The van der Waals surface area contributed by atoms with Crippen LogP contribution in [0.4, 0.5) is 0 Å². The van der Waals surface area contributed by atoms with Gasteiger partial charge in [0.2, 0.25) is 10.0 Å². The van der Waals surface area contributed by atoms with E-state index >= 15 is 0 Å². The molecule has 6 nitrogen and oxygen atoms in total. The lowest BCUT2D eigenvalue weighted by molar-refractivity contribution is 0.0702. The molecular weight excluding hydrogens is 382 g/mol. The molecule has 0 bridgehead atoms. The van der Waals surface area contributed by atoms with Gasteiger partial charge in [0.1, 0.15) is 6.07 Å². The van der Waals surface area contributed by atoms with Crippen molar-refractivity contribution in [3.63, 3.8) is 0 Å². The Morgan fingerprint density at radius 3 is 2.48 bits per heavy atom. The quantitative estimate of drug-likeness (QED) is 0.786. The smallest absolute Gasteiger partial charge is 0.264 e. The molecule has 1 aromatic carbocycles. The molecule has 8 heteroatoms. The van der Waals surface area contributed by atoms with Gasteiger partial charge in [-0.3, -0.25) is 4.79 Å². The van der Waals surface area contributed by atoms with Crippen molar-refractivity contribution in [3.05, 3.63) is 51.2 Å². The largest absolute Gasteiger partial charge is 0.335 e. The van der Waals surface area contributed by atoms with Crippen LogP contribution in [0.2, 0.25) is 0 Å². The van der Waals surface area contributed by atoms with E-state index in [1.807, 2.05) is 19.1 Å². The van der Waals surface area contributed by atoms with Crippen molar-refractivity contribution in [3.8, 4) is 6.07 Å². The SMILES string of the molecule is CCc1sc(C(=O)N2CCN(S(=O)(=O)c3ccccc3C#N)CC2)cc1C. The predicted molar refractivity (Wildman–Crippen MR) is 104 cm³/mol. The van der Waals surface area contributed by atoms with Gasteiger partial charge < -0.3 is 4.90 Å². The number of amides is 1. The second kappa shape index (κ2) is 7.80. The average molecular weight is 404 g/mol. The normalized spacial score (nSPS) is 15.5. The highest BCUT2D eigenvalue weighted by atomic mass is 32.2. The third kappa shape index (κ3) is 3.76. The summed E-state index contributed by atoms with van der Waals surface area (Å²) in [6.07, 6.45) is 0.897. The molecule has 1 saturated heterocycles. The molecule has 3 rings (SSSR count). The summed E-state index contributed by atoms with van der Waals surface area (Å²) in [6, 6.07) is 10.0. The topological polar surface area (TPSA) is 81.5 Å². The lowest BCUT2D eigenvalue weighted by Gasteiger charge is -2.33. The van der Waals surface area contributed by atoms with Crippen LogP contribution < -0.4 is 0 Å². The van der Waals surface area contributed by atoms with E-state index in [0.717, 1.165) is 12.0 Å². The number of thiophene rings is 1. The number of nitriles is 1. The van der Waals surface area contributed by atoms with Crippen molar-refractivity contribution in [2.24, 2.45) is 0 Å². The van der Waals surface area contributed by atoms with Crippen LogP contribution in [0.15, 0.2) is 35.2 Å². The number of benzene rings is 1. The lowest BCUT2D eigenvalue weighted by atomic mass is 10.2. The van der Waals surface area contributed by atoms with Crippen LogP contribution in [-0.2, 0) is 16.4 Å². The van der Waals surface area contributed by atoms with Gasteiger partial charge in [0.15, 0.2) is 0 Å². The number of carbonyl (C=O) groups is 1. The van der Waals surface area contributed by atoms with E-state index in [4.69, 9.17) is 0 Å². The molecule has 2 heterocycles. The minimum atomic E-state index is -3.75. The number of aryl methyl sites for hydroxylation is 2. The molecule has 1 aromatic heterocycles. The molecule has 0 N–H and O–H groups in total. The summed E-state index contributed by atoms with van der Waals surface area (Å²) < 4.78 is 27.1. The highest BCUT2D eigenvalue weighted by Gasteiger charge is 2.32. The zero-order valence-corrected chi connectivity index (χ0v) is 16.9. The average Bonchev–Trinajstić information content (AvgIpc) is 3.08. The molecule has 0 aliphatic carbocycles. The highest BCUT2D eigenvalue weighted by molar-refractivity contribution is 7.89. The molecule has 2 aromatic rings. The summed E-state index contributed by atoms with van der Waals surface area (Å²) in [5.41, 5.74) is 1.26. The monoisotopic (exact) mass is 403 g/mol. The summed E-state index contributed by atoms with van der Waals surface area (Å²) in [6.45, 7) is 5.19. The van der Waals surface area contributed by atoms with Gasteiger partial charge in [-0.25, -0.2) is 8.42 Å². The summed E-state index contributed by atoms with van der Waals surface area (Å²) in [4.78, 5) is 16.4. The molecule has 0 radical (unpaired) electrons. The van der Waals surface area contributed by atoms with E-state index in [9.17, 15) is 18.5 Å². The van der Waals surface area contributed by atoms with Crippen molar-refractivity contribution >= 4 is 27.3 Å². The number of rotatable bonds is 4. The predicted octanol–water partition coefficient (Wildman–Crippen LogP) is 2.64. The van der Waals surface area contributed by atoms with Crippen LogP contribution in [0.1, 0.15) is 32.6 Å². The zero-order chi connectivity index (χ0) is 19.6. The Hall–Kier alpha value is -2.21. The number of hydrogen-bond acceptors (Lipinski definition) is 5. The van der Waals surface area contributed by atoms with Gasteiger partial charge in [-0.2, -0.15) is 9.57 Å². The molecule has 1 fully saturated rings. The van der Waals surface area contributed by atoms with E-state index < -0.39 is 10.0 Å². The van der Waals surface area contributed by atoms with Crippen LogP contribution in [0.25, 0.3) is 0 Å². The van der Waals surface area contributed by atoms with Crippen molar-refractivity contribution in [2.75, 3.05) is 26.2 Å². The van der Waals surface area contributed by atoms with Gasteiger partial charge in [0.05, 0.1) is 15.3 Å². The maximum atomic E-state index is 12.9. The Balaban J connectivity index is 1.73. The third-order valence-corrected chi connectivity index (χ3v) is 8.03. The first-order valence-corrected chi connectivity index (χ1v) is 11.0. The number of sulfonamides is 1. The van der Waals surface area contributed by atoms with Crippen LogP contribution in [0.5, 0.6) is 0 Å². The Morgan fingerprint density at radius 1 is 1.22 bits per heavy atom. The molecule has 27 heavy (non-hydrogen) atoms. The summed E-state index contributed by atoms with van der Waals surface area (Å²) in [7, 11) is -3.75. The number of nitrogens with zero attached hydrogens (tertiary/aromatic N) is 3. The van der Waals surface area contributed by atoms with Crippen LogP contribution in [-0.4, -0.2) is 49.7 Å². The second-order valence-corrected chi connectivity index (χ2v) is 9.42. The number of carbonyl (C=O) groups excluding carboxylic acids is 1. The maximum absolute atomic E-state index is 12.9. The molecule has 0 atom stereocenters. The zero-order valence-electron chi connectivity index (χ0n) is 15.3. The van der Waals surface area contributed by atoms with E-state index in [1.165, 1.54) is 32.7 Å². The van der Waals surface area contributed by atoms with Crippen LogP contribution in [0.3, 0.4) is 0 Å². The Bertz CT molecular complexity index is 997. The minimum Gasteiger partial charge on any atom is -0.335 e. The van der Waals surface area contributed by atoms with Gasteiger partial charge in [0.25, 0.3) is 5.91 Å². The molecule has 1 aliphatic rings. The van der Waals surface area contributed by atoms with Gasteiger partial charge in [-0.15, -0.1) is 11.3 Å². The molecular formula is C19H21N3O3S2. The molecule has 0 spiro atoms. The second-order valence-electron chi connectivity index (χ2n) is 6.37. The van der Waals surface area contributed by atoms with E-state index in [2.05, 4.69) is 6.92 Å². The van der Waals surface area contributed by atoms with Gasteiger partial charge >= 0.3 is 0 Å². The molecule has 0 saturated carbocycles. The molecule has 1 aliphatic heterocycles. The maximum Gasteiger partial charge on any atom is 0.264 e. The van der Waals surface area contributed by atoms with Gasteiger partial charge in [0, 0.05) is 31.1 Å². The molecule has 1 amide bonds. The lowest BCUT2D eigenvalue weighted by Crippen LogP contribution is -2.50. The fourth-order valence-corrected chi connectivity index (χ4v) is 5.83.